The highest BCUT2D eigenvalue weighted by Gasteiger charge is 2.41. The zero-order chi connectivity index (χ0) is 11.8. The minimum atomic E-state index is -0.159. The van der Waals surface area contributed by atoms with Crippen LogP contribution >= 0.6 is 15.9 Å². The largest absolute Gasteiger partial charge is 0.327 e. The fourth-order valence-electron chi connectivity index (χ4n) is 2.86. The van der Waals surface area contributed by atoms with Crippen molar-refractivity contribution in [3.63, 3.8) is 0 Å². The number of nitrogens with two attached hydrogens (primary N) is 1. The molecule has 0 saturated heterocycles. The highest BCUT2D eigenvalue weighted by Crippen LogP contribution is 2.44. The van der Waals surface area contributed by atoms with Crippen LogP contribution in [-0.2, 0) is 5.41 Å². The maximum absolute atomic E-state index is 14.2. The van der Waals surface area contributed by atoms with Gasteiger partial charge in [0.05, 0.1) is 4.47 Å². The smallest absolute Gasteiger partial charge is 0.141 e. The summed E-state index contributed by atoms with van der Waals surface area (Å²) in [6.07, 6.45) is 4.29. The second-order valence-electron chi connectivity index (χ2n) is 4.75. The molecule has 0 radical (unpaired) electrons. The van der Waals surface area contributed by atoms with Crippen LogP contribution in [0.25, 0.3) is 0 Å². The van der Waals surface area contributed by atoms with Gasteiger partial charge in [-0.1, -0.05) is 25.0 Å². The third-order valence-corrected chi connectivity index (χ3v) is 4.47. The molecule has 0 aromatic heterocycles. The van der Waals surface area contributed by atoms with Gasteiger partial charge in [0.25, 0.3) is 0 Å². The van der Waals surface area contributed by atoms with Crippen molar-refractivity contribution in [2.24, 2.45) is 5.73 Å². The van der Waals surface area contributed by atoms with Gasteiger partial charge in [-0.05, 0) is 47.3 Å². The van der Waals surface area contributed by atoms with Gasteiger partial charge in [0.2, 0.25) is 0 Å². The highest BCUT2D eigenvalue weighted by atomic mass is 79.9. The first kappa shape index (κ1) is 12.1. The maximum Gasteiger partial charge on any atom is 0.141 e. The van der Waals surface area contributed by atoms with Crippen molar-refractivity contribution in [1.29, 1.82) is 0 Å². The molecule has 1 nitrogen and oxygen atoms in total. The van der Waals surface area contributed by atoms with E-state index in [1.54, 1.807) is 6.07 Å². The van der Waals surface area contributed by atoms with Crippen molar-refractivity contribution < 1.29 is 4.39 Å². The Morgan fingerprint density at radius 2 is 2.00 bits per heavy atom. The number of hydrogen-bond donors (Lipinski definition) is 1. The quantitative estimate of drug-likeness (QED) is 0.880. The van der Waals surface area contributed by atoms with Crippen LogP contribution in [0.1, 0.15) is 38.2 Å². The van der Waals surface area contributed by atoms with E-state index in [0.717, 1.165) is 31.2 Å². The van der Waals surface area contributed by atoms with Crippen molar-refractivity contribution >= 4 is 15.9 Å². The Kier molecular flexibility index (Phi) is 3.36. The van der Waals surface area contributed by atoms with Gasteiger partial charge < -0.3 is 5.73 Å². The van der Waals surface area contributed by atoms with Crippen LogP contribution in [0.5, 0.6) is 0 Å². The lowest BCUT2D eigenvalue weighted by Gasteiger charge is -2.34. The summed E-state index contributed by atoms with van der Waals surface area (Å²) in [6.45, 7) is 1.99. The molecule has 1 aliphatic rings. The van der Waals surface area contributed by atoms with Gasteiger partial charge in [-0.2, -0.15) is 0 Å². The molecule has 1 fully saturated rings. The summed E-state index contributed by atoms with van der Waals surface area (Å²) >= 11 is 3.25. The summed E-state index contributed by atoms with van der Waals surface area (Å²) in [7, 11) is 0. The summed E-state index contributed by atoms with van der Waals surface area (Å²) in [4.78, 5) is 0. The van der Waals surface area contributed by atoms with E-state index in [4.69, 9.17) is 5.73 Å². The van der Waals surface area contributed by atoms with Gasteiger partial charge in [-0.25, -0.2) is 4.39 Å². The van der Waals surface area contributed by atoms with Crippen LogP contribution in [-0.4, -0.2) is 6.04 Å². The van der Waals surface area contributed by atoms with E-state index in [-0.39, 0.29) is 17.3 Å². The first-order valence-corrected chi connectivity index (χ1v) is 6.57. The minimum absolute atomic E-state index is 0.00111. The predicted octanol–water partition coefficient (Wildman–Crippen LogP) is 3.75. The van der Waals surface area contributed by atoms with Crippen molar-refractivity contribution in [3.05, 3.63) is 34.1 Å². The molecular formula is C13H17BrFN. The van der Waals surface area contributed by atoms with Gasteiger partial charge in [-0.3, -0.25) is 0 Å². The molecule has 1 unspecified atom stereocenters. The lowest BCUT2D eigenvalue weighted by Crippen LogP contribution is -2.41. The van der Waals surface area contributed by atoms with Crippen LogP contribution in [0.2, 0.25) is 0 Å². The van der Waals surface area contributed by atoms with Gasteiger partial charge in [0, 0.05) is 11.5 Å². The van der Waals surface area contributed by atoms with Crippen molar-refractivity contribution in [3.8, 4) is 0 Å². The molecule has 0 bridgehead atoms. The zero-order valence-electron chi connectivity index (χ0n) is 9.47. The van der Waals surface area contributed by atoms with E-state index >= 15 is 0 Å². The third kappa shape index (κ3) is 1.80. The van der Waals surface area contributed by atoms with E-state index in [2.05, 4.69) is 15.9 Å². The fraction of sp³-hybridized carbons (Fsp3) is 0.538. The Balaban J connectivity index is 2.51. The van der Waals surface area contributed by atoms with Crippen LogP contribution in [0, 0.1) is 5.82 Å². The summed E-state index contributed by atoms with van der Waals surface area (Å²) in [5.41, 5.74) is 6.73. The molecule has 1 aromatic rings. The first-order chi connectivity index (χ1) is 7.58. The fourth-order valence-corrected chi connectivity index (χ4v) is 3.23. The molecule has 0 heterocycles. The van der Waals surface area contributed by atoms with Gasteiger partial charge in [0.1, 0.15) is 5.82 Å². The molecule has 88 valence electrons. The second-order valence-corrected chi connectivity index (χ2v) is 5.61. The first-order valence-electron chi connectivity index (χ1n) is 5.78. The monoisotopic (exact) mass is 285 g/mol. The number of rotatable bonds is 2. The average molecular weight is 286 g/mol. The highest BCUT2D eigenvalue weighted by molar-refractivity contribution is 9.10. The topological polar surface area (TPSA) is 26.0 Å². The minimum Gasteiger partial charge on any atom is -0.327 e. The van der Waals surface area contributed by atoms with E-state index in [9.17, 15) is 4.39 Å². The molecule has 2 rings (SSSR count). The summed E-state index contributed by atoms with van der Waals surface area (Å²) < 4.78 is 14.7. The number of hydrogen-bond acceptors (Lipinski definition) is 1. The van der Waals surface area contributed by atoms with E-state index in [0.29, 0.717) is 4.47 Å². The predicted molar refractivity (Wildman–Crippen MR) is 67.9 cm³/mol. The van der Waals surface area contributed by atoms with Gasteiger partial charge in [0.15, 0.2) is 0 Å². The van der Waals surface area contributed by atoms with Crippen LogP contribution in [0.4, 0.5) is 4.39 Å². The van der Waals surface area contributed by atoms with Gasteiger partial charge >= 0.3 is 0 Å². The molecule has 1 saturated carbocycles. The molecule has 2 N–H and O–H groups in total. The number of benzene rings is 1. The molecule has 16 heavy (non-hydrogen) atoms. The average Bonchev–Trinajstić information content (AvgIpc) is 2.72. The van der Waals surface area contributed by atoms with Crippen LogP contribution in [0.15, 0.2) is 22.7 Å². The maximum atomic E-state index is 14.2. The van der Waals surface area contributed by atoms with Crippen molar-refractivity contribution in [2.75, 3.05) is 0 Å². The third-order valence-electron chi connectivity index (χ3n) is 3.86. The molecule has 1 aromatic carbocycles. The molecule has 0 spiro atoms. The van der Waals surface area contributed by atoms with Crippen LogP contribution < -0.4 is 5.73 Å². The van der Waals surface area contributed by atoms with E-state index < -0.39 is 0 Å². The standard InChI is InChI=1S/C13H17BrFN/c1-9(16)13(7-2-3-8-13)10-5-4-6-11(14)12(10)15/h4-6,9H,2-3,7-8,16H2,1H3. The molecule has 1 atom stereocenters. The van der Waals surface area contributed by atoms with Crippen LogP contribution in [0.3, 0.4) is 0 Å². The molecule has 1 aliphatic carbocycles. The summed E-state index contributed by atoms with van der Waals surface area (Å²) in [6, 6.07) is 5.52. The summed E-state index contributed by atoms with van der Waals surface area (Å²) in [5.74, 6) is -0.137. The molecular weight excluding hydrogens is 269 g/mol. The van der Waals surface area contributed by atoms with E-state index in [1.165, 1.54) is 0 Å². The van der Waals surface area contributed by atoms with Gasteiger partial charge in [-0.15, -0.1) is 0 Å². The molecule has 0 amide bonds. The molecule has 0 aliphatic heterocycles. The van der Waals surface area contributed by atoms with Crippen molar-refractivity contribution in [1.82, 2.24) is 0 Å². The summed E-state index contributed by atoms with van der Waals surface area (Å²) in [5, 5.41) is 0. The number of halogens is 2. The van der Waals surface area contributed by atoms with Crippen molar-refractivity contribution in [2.45, 2.75) is 44.1 Å². The SMILES string of the molecule is CC(N)C1(c2cccc(Br)c2F)CCCC1. The Bertz CT molecular complexity index is 384. The Labute approximate surface area is 104 Å². The second kappa shape index (κ2) is 4.46. The van der Waals surface area contributed by atoms with E-state index in [1.807, 2.05) is 19.1 Å². The lowest BCUT2D eigenvalue weighted by molar-refractivity contribution is 0.352. The zero-order valence-corrected chi connectivity index (χ0v) is 11.1. The molecule has 3 heteroatoms. The Morgan fingerprint density at radius 3 is 2.56 bits per heavy atom. The Hall–Kier alpha value is -0.410. The lowest BCUT2D eigenvalue weighted by atomic mass is 9.73. The normalized spacial score (nSPS) is 21.0. The Morgan fingerprint density at radius 1 is 1.38 bits per heavy atom.